The third-order valence-corrected chi connectivity index (χ3v) is 7.66. The Morgan fingerprint density at radius 2 is 2.09 bits per heavy atom. The van der Waals surface area contributed by atoms with Gasteiger partial charge in [-0.3, -0.25) is 9.20 Å². The number of amides is 1. The van der Waals surface area contributed by atoms with E-state index in [0.717, 1.165) is 0 Å². The number of morpholine rings is 1. The van der Waals surface area contributed by atoms with E-state index in [4.69, 9.17) is 9.15 Å². The third-order valence-electron chi connectivity index (χ3n) is 6.05. The highest BCUT2D eigenvalue weighted by Gasteiger charge is 2.41. The molecule has 15 heteroatoms. The fourth-order valence-electron chi connectivity index (χ4n) is 3.89. The number of anilines is 1. The van der Waals surface area contributed by atoms with Crippen LogP contribution in [0, 0.1) is 0 Å². The molecule has 1 saturated carbocycles. The summed E-state index contributed by atoms with van der Waals surface area (Å²) in [6, 6.07) is 1.50. The molecule has 1 saturated heterocycles. The Bertz CT molecular complexity index is 1390. The Labute approximate surface area is 198 Å². The van der Waals surface area contributed by atoms with Crippen LogP contribution in [0.1, 0.15) is 32.1 Å². The highest BCUT2D eigenvalue weighted by Crippen LogP contribution is 2.37. The number of likely N-dealkylation sites (N-methyl/N-ethyl adjacent to an activating group) is 1. The average molecular weight is 512 g/mol. The van der Waals surface area contributed by atoms with Crippen molar-refractivity contribution in [1.82, 2.24) is 29.6 Å². The predicted molar refractivity (Wildman–Crippen MR) is 117 cm³/mol. The molecule has 12 nitrogen and oxygen atoms in total. The number of rotatable bonds is 7. The maximum absolute atomic E-state index is 13.2. The van der Waals surface area contributed by atoms with Crippen molar-refractivity contribution < 1.29 is 31.1 Å². The number of nitrogens with one attached hydrogen (secondary N) is 2. The maximum atomic E-state index is 13.2. The van der Waals surface area contributed by atoms with E-state index in [1.807, 2.05) is 11.8 Å². The van der Waals surface area contributed by atoms with Gasteiger partial charge in [0.25, 0.3) is 17.7 Å². The van der Waals surface area contributed by atoms with Gasteiger partial charge in [0.1, 0.15) is 4.90 Å². The Kier molecular flexibility index (Phi) is 5.72. The molecule has 0 radical (unpaired) electrons. The molecule has 2 aliphatic rings. The summed E-state index contributed by atoms with van der Waals surface area (Å²) in [6.45, 7) is 2.60. The molecule has 3 aromatic rings. The van der Waals surface area contributed by atoms with Crippen LogP contribution in [0.5, 0.6) is 0 Å². The first-order valence-corrected chi connectivity index (χ1v) is 12.3. The molecule has 5 rings (SSSR count). The van der Waals surface area contributed by atoms with Crippen molar-refractivity contribution in [1.29, 1.82) is 0 Å². The van der Waals surface area contributed by atoms with Gasteiger partial charge in [-0.05, 0) is 25.8 Å². The van der Waals surface area contributed by atoms with Gasteiger partial charge in [0, 0.05) is 25.3 Å². The van der Waals surface area contributed by atoms with Gasteiger partial charge in [-0.1, -0.05) is 0 Å². The highest BCUT2D eigenvalue weighted by atomic mass is 32.2. The van der Waals surface area contributed by atoms with E-state index >= 15 is 0 Å². The van der Waals surface area contributed by atoms with E-state index in [-0.39, 0.29) is 35.7 Å². The van der Waals surface area contributed by atoms with Crippen molar-refractivity contribution >= 4 is 27.1 Å². The summed E-state index contributed by atoms with van der Waals surface area (Å²) in [4.78, 5) is 18.2. The second kappa shape index (κ2) is 8.49. The molecular weight excluding hydrogens is 488 g/mol. The summed E-state index contributed by atoms with van der Waals surface area (Å²) in [5.41, 5.74) is 0.414. The molecule has 0 bridgehead atoms. The van der Waals surface area contributed by atoms with Gasteiger partial charge in [0.2, 0.25) is 15.8 Å². The zero-order chi connectivity index (χ0) is 25.0. The molecule has 1 amide bonds. The number of pyridine rings is 1. The molecule has 0 spiro atoms. The van der Waals surface area contributed by atoms with Crippen LogP contribution >= 0.6 is 0 Å². The fourth-order valence-corrected chi connectivity index (χ4v) is 5.37. The van der Waals surface area contributed by atoms with Gasteiger partial charge in [-0.2, -0.15) is 8.78 Å². The lowest BCUT2D eigenvalue weighted by molar-refractivity contribution is -0.132. The molecule has 1 atom stereocenters. The number of nitrogens with zero attached hydrogens (tertiary/aromatic N) is 5. The second-order valence-electron chi connectivity index (χ2n) is 8.73. The van der Waals surface area contributed by atoms with Crippen molar-refractivity contribution in [2.45, 2.75) is 42.7 Å². The monoisotopic (exact) mass is 511 g/mol. The standard InChI is InChI=1S/C20H23F2N7O5S/c1-20(3-4-20)27-35(31,32)11-7-12(28-5-6-33-14(10-28)17(30)23-2)13-8-24-16(29(13)9-11)19-26-25-18(34-19)15(21)22/h7-9,14-15,27H,3-6,10H2,1-2H3,(H,23,30)/t14-/m1/s1. The number of fused-ring (bicyclic) bond motifs is 1. The lowest BCUT2D eigenvalue weighted by Gasteiger charge is -2.34. The maximum Gasteiger partial charge on any atom is 0.314 e. The molecule has 35 heavy (non-hydrogen) atoms. The summed E-state index contributed by atoms with van der Waals surface area (Å²) in [6.07, 6.45) is 0.489. The van der Waals surface area contributed by atoms with Crippen molar-refractivity contribution in [3.63, 3.8) is 0 Å². The largest absolute Gasteiger partial charge is 0.412 e. The Hall–Kier alpha value is -3.17. The molecule has 0 aromatic carbocycles. The van der Waals surface area contributed by atoms with Crippen molar-refractivity contribution in [2.75, 3.05) is 31.6 Å². The number of carbonyl (C=O) groups excluding carboxylic acids is 1. The minimum atomic E-state index is -3.95. The van der Waals surface area contributed by atoms with E-state index in [9.17, 15) is 22.0 Å². The van der Waals surface area contributed by atoms with Crippen LogP contribution < -0.4 is 14.9 Å². The molecule has 1 aliphatic heterocycles. The Balaban J connectivity index is 1.63. The molecular formula is C20H23F2N7O5S. The number of ether oxygens (including phenoxy) is 1. The molecule has 2 fully saturated rings. The smallest absolute Gasteiger partial charge is 0.314 e. The first-order chi connectivity index (χ1) is 16.6. The number of imidazole rings is 1. The molecule has 1 aliphatic carbocycles. The third kappa shape index (κ3) is 4.46. The van der Waals surface area contributed by atoms with E-state index < -0.39 is 34.0 Å². The lowest BCUT2D eigenvalue weighted by Crippen LogP contribution is -2.49. The summed E-state index contributed by atoms with van der Waals surface area (Å²) >= 11 is 0. The van der Waals surface area contributed by atoms with Crippen LogP contribution in [-0.2, 0) is 19.6 Å². The number of hydrogen-bond acceptors (Lipinski definition) is 9. The summed E-state index contributed by atoms with van der Waals surface area (Å²) in [5, 5.41) is 9.53. The number of sulfonamides is 1. The zero-order valence-electron chi connectivity index (χ0n) is 18.9. The highest BCUT2D eigenvalue weighted by molar-refractivity contribution is 7.89. The average Bonchev–Trinajstić information content (AvgIpc) is 3.21. The number of alkyl halides is 2. The predicted octanol–water partition coefficient (Wildman–Crippen LogP) is 1.10. The summed E-state index contributed by atoms with van der Waals surface area (Å²) in [5.74, 6) is -1.46. The van der Waals surface area contributed by atoms with Gasteiger partial charge in [0.15, 0.2) is 6.10 Å². The first kappa shape index (κ1) is 23.6. The van der Waals surface area contributed by atoms with E-state index in [1.165, 1.54) is 29.9 Å². The summed E-state index contributed by atoms with van der Waals surface area (Å²) in [7, 11) is -2.45. The molecule has 4 heterocycles. The number of hydrogen-bond donors (Lipinski definition) is 2. The van der Waals surface area contributed by atoms with Crippen LogP contribution in [0.3, 0.4) is 0 Å². The lowest BCUT2D eigenvalue weighted by atomic mass is 10.2. The first-order valence-electron chi connectivity index (χ1n) is 10.9. The topological polar surface area (TPSA) is 144 Å². The van der Waals surface area contributed by atoms with Crippen LogP contribution in [0.25, 0.3) is 17.2 Å². The summed E-state index contributed by atoms with van der Waals surface area (Å²) < 4.78 is 67.2. The van der Waals surface area contributed by atoms with Gasteiger partial charge >= 0.3 is 6.43 Å². The number of halogens is 2. The number of carbonyl (C=O) groups is 1. The van der Waals surface area contributed by atoms with Crippen LogP contribution in [0.4, 0.5) is 14.5 Å². The van der Waals surface area contributed by atoms with Crippen LogP contribution in [0.15, 0.2) is 27.8 Å². The molecule has 0 unspecified atom stereocenters. The van der Waals surface area contributed by atoms with E-state index in [1.54, 1.807) is 0 Å². The Morgan fingerprint density at radius 3 is 2.74 bits per heavy atom. The van der Waals surface area contributed by atoms with Crippen molar-refractivity contribution in [3.8, 4) is 11.7 Å². The van der Waals surface area contributed by atoms with Gasteiger partial charge in [-0.15, -0.1) is 10.2 Å². The second-order valence-corrected chi connectivity index (χ2v) is 10.4. The van der Waals surface area contributed by atoms with Gasteiger partial charge < -0.3 is 19.4 Å². The minimum Gasteiger partial charge on any atom is -0.412 e. The van der Waals surface area contributed by atoms with Gasteiger partial charge in [0.05, 0.1) is 30.6 Å². The fraction of sp³-hybridized carbons (Fsp3) is 0.500. The van der Waals surface area contributed by atoms with E-state index in [0.29, 0.717) is 30.6 Å². The van der Waals surface area contributed by atoms with Crippen molar-refractivity contribution in [2.24, 2.45) is 0 Å². The Morgan fingerprint density at radius 1 is 1.31 bits per heavy atom. The normalized spacial score (nSPS) is 19.9. The molecule has 2 N–H and O–H groups in total. The minimum absolute atomic E-state index is 0.00597. The molecule has 3 aromatic heterocycles. The van der Waals surface area contributed by atoms with Crippen LogP contribution in [-0.4, -0.2) is 72.3 Å². The zero-order valence-corrected chi connectivity index (χ0v) is 19.7. The number of aromatic nitrogens is 4. The van der Waals surface area contributed by atoms with E-state index in [2.05, 4.69) is 25.2 Å². The van der Waals surface area contributed by atoms with Gasteiger partial charge in [-0.25, -0.2) is 18.1 Å². The van der Waals surface area contributed by atoms with Crippen molar-refractivity contribution in [3.05, 3.63) is 24.4 Å². The molecule has 188 valence electrons. The van der Waals surface area contributed by atoms with Crippen LogP contribution in [0.2, 0.25) is 0 Å². The SMILES string of the molecule is CNC(=O)[C@H]1CN(c2cc(S(=O)(=O)NC3(C)CC3)cn3c(-c4nnc(C(F)F)o4)ncc23)CCO1. The quantitative estimate of drug-likeness (QED) is 0.477.